The molecule has 2 rings (SSSR count). The van der Waals surface area contributed by atoms with Crippen LogP contribution in [0.15, 0.2) is 59.6 Å². The predicted octanol–water partition coefficient (Wildman–Crippen LogP) is 3.90. The molecule has 0 aromatic heterocycles. The highest BCUT2D eigenvalue weighted by Gasteiger charge is 2.04. The van der Waals surface area contributed by atoms with Crippen LogP contribution < -0.4 is 10.6 Å². The van der Waals surface area contributed by atoms with Gasteiger partial charge in [0.1, 0.15) is 0 Å². The minimum absolute atomic E-state index is 0. The van der Waals surface area contributed by atoms with E-state index in [0.717, 1.165) is 37.5 Å². The Morgan fingerprint density at radius 1 is 1.04 bits per heavy atom. The van der Waals surface area contributed by atoms with Gasteiger partial charge < -0.3 is 10.6 Å². The Balaban J connectivity index is 0.00000338. The summed E-state index contributed by atoms with van der Waals surface area (Å²) in [6.07, 6.45) is 2.04. The van der Waals surface area contributed by atoms with E-state index in [1.54, 1.807) is 12.1 Å². The third kappa shape index (κ3) is 7.81. The van der Waals surface area contributed by atoms with Crippen LogP contribution >= 0.6 is 24.0 Å². The Labute approximate surface area is 171 Å². The molecule has 2 N–H and O–H groups in total. The third-order valence-corrected chi connectivity index (χ3v) is 3.69. The van der Waals surface area contributed by atoms with Gasteiger partial charge in [-0.2, -0.15) is 0 Å². The molecule has 0 amide bonds. The fraction of sp³-hybridized carbons (Fsp3) is 0.316. The number of nitro benzene ring substituents is 1. The molecule has 0 aliphatic heterocycles. The lowest BCUT2D eigenvalue weighted by Gasteiger charge is -2.11. The Bertz CT molecular complexity index is 690. The summed E-state index contributed by atoms with van der Waals surface area (Å²) >= 11 is 0. The highest BCUT2D eigenvalue weighted by Crippen LogP contribution is 2.12. The second-order valence-corrected chi connectivity index (χ2v) is 5.63. The summed E-state index contributed by atoms with van der Waals surface area (Å²) < 4.78 is 0. The van der Waals surface area contributed by atoms with Gasteiger partial charge in [-0.15, -0.1) is 24.0 Å². The molecule has 0 saturated heterocycles. The van der Waals surface area contributed by atoms with Crippen molar-refractivity contribution in [3.05, 3.63) is 75.8 Å². The average molecular weight is 468 g/mol. The van der Waals surface area contributed by atoms with Crippen LogP contribution in [0.1, 0.15) is 24.5 Å². The number of benzene rings is 2. The van der Waals surface area contributed by atoms with Crippen molar-refractivity contribution in [2.75, 3.05) is 13.1 Å². The molecule has 0 aliphatic carbocycles. The molecule has 7 heteroatoms. The van der Waals surface area contributed by atoms with Gasteiger partial charge in [0.2, 0.25) is 0 Å². The first-order valence-electron chi connectivity index (χ1n) is 8.48. The average Bonchev–Trinajstić information content (AvgIpc) is 2.64. The van der Waals surface area contributed by atoms with Crippen LogP contribution in [-0.2, 0) is 13.0 Å². The van der Waals surface area contributed by atoms with Crippen molar-refractivity contribution < 1.29 is 4.92 Å². The minimum Gasteiger partial charge on any atom is -0.357 e. The van der Waals surface area contributed by atoms with Crippen LogP contribution in [0.3, 0.4) is 0 Å². The van der Waals surface area contributed by atoms with Gasteiger partial charge in [-0.1, -0.05) is 42.5 Å². The van der Waals surface area contributed by atoms with E-state index in [4.69, 9.17) is 0 Å². The number of nitrogens with one attached hydrogen (secondary N) is 2. The largest absolute Gasteiger partial charge is 0.357 e. The fourth-order valence-corrected chi connectivity index (χ4v) is 2.38. The van der Waals surface area contributed by atoms with Gasteiger partial charge >= 0.3 is 0 Å². The molecule has 140 valence electrons. The van der Waals surface area contributed by atoms with Crippen LogP contribution in [0.2, 0.25) is 0 Å². The first kappa shape index (κ1) is 21.9. The molecule has 0 atom stereocenters. The molecule has 0 unspecified atom stereocenters. The topological polar surface area (TPSA) is 79.6 Å². The van der Waals surface area contributed by atoms with Gasteiger partial charge in [-0.25, -0.2) is 4.99 Å². The number of hydrogen-bond acceptors (Lipinski definition) is 3. The Morgan fingerprint density at radius 3 is 2.35 bits per heavy atom. The number of guanidine groups is 1. The first-order valence-corrected chi connectivity index (χ1v) is 8.48. The van der Waals surface area contributed by atoms with Crippen LogP contribution in [0, 0.1) is 10.1 Å². The molecular formula is C19H25IN4O2. The number of aryl methyl sites for hydroxylation is 1. The smallest absolute Gasteiger partial charge is 0.269 e. The lowest BCUT2D eigenvalue weighted by molar-refractivity contribution is -0.384. The van der Waals surface area contributed by atoms with Crippen molar-refractivity contribution >= 4 is 35.6 Å². The molecular weight excluding hydrogens is 443 g/mol. The standard InChI is InChI=1S/C19H24N4O2.HI/c1-2-20-19(21-14-6-9-16-7-4-3-5-8-16)22-15-17-10-12-18(13-11-17)23(24)25;/h3-5,7-8,10-13H,2,6,9,14-15H2,1H3,(H2,20,21,22);1H. The molecule has 2 aromatic carbocycles. The van der Waals surface area contributed by atoms with Crippen LogP contribution in [-0.4, -0.2) is 24.0 Å². The van der Waals surface area contributed by atoms with Crippen molar-refractivity contribution in [1.29, 1.82) is 0 Å². The molecule has 26 heavy (non-hydrogen) atoms. The van der Waals surface area contributed by atoms with E-state index < -0.39 is 4.92 Å². The van der Waals surface area contributed by atoms with E-state index in [2.05, 4.69) is 39.9 Å². The monoisotopic (exact) mass is 468 g/mol. The summed E-state index contributed by atoms with van der Waals surface area (Å²) in [5, 5.41) is 17.2. The number of nitrogens with zero attached hydrogens (tertiary/aromatic N) is 2. The highest BCUT2D eigenvalue weighted by molar-refractivity contribution is 14.0. The molecule has 0 spiro atoms. The number of non-ortho nitro benzene ring substituents is 1. The van der Waals surface area contributed by atoms with E-state index in [0.29, 0.717) is 6.54 Å². The zero-order valence-electron chi connectivity index (χ0n) is 14.9. The van der Waals surface area contributed by atoms with E-state index in [-0.39, 0.29) is 29.7 Å². The normalized spacial score (nSPS) is 10.7. The molecule has 2 aromatic rings. The second kappa shape index (κ2) is 12.2. The van der Waals surface area contributed by atoms with E-state index in [9.17, 15) is 10.1 Å². The molecule has 0 radical (unpaired) electrons. The van der Waals surface area contributed by atoms with Crippen LogP contribution in [0.25, 0.3) is 0 Å². The number of hydrogen-bond donors (Lipinski definition) is 2. The lowest BCUT2D eigenvalue weighted by Crippen LogP contribution is -2.37. The summed E-state index contributed by atoms with van der Waals surface area (Å²) in [5.74, 6) is 0.758. The van der Waals surface area contributed by atoms with Gasteiger partial charge in [0, 0.05) is 25.2 Å². The maximum Gasteiger partial charge on any atom is 0.269 e. The van der Waals surface area contributed by atoms with Crippen molar-refractivity contribution in [2.45, 2.75) is 26.3 Å². The van der Waals surface area contributed by atoms with Crippen LogP contribution in [0.4, 0.5) is 5.69 Å². The molecule has 6 nitrogen and oxygen atoms in total. The van der Waals surface area contributed by atoms with E-state index in [1.807, 2.05) is 13.0 Å². The number of halogens is 1. The van der Waals surface area contributed by atoms with Crippen molar-refractivity contribution in [3.8, 4) is 0 Å². The summed E-state index contributed by atoms with van der Waals surface area (Å²) in [6.45, 7) is 4.12. The minimum atomic E-state index is -0.397. The molecule has 0 saturated carbocycles. The fourth-order valence-electron chi connectivity index (χ4n) is 2.38. The zero-order valence-corrected chi connectivity index (χ0v) is 17.2. The Kier molecular flexibility index (Phi) is 10.3. The molecule has 0 bridgehead atoms. The zero-order chi connectivity index (χ0) is 17.9. The number of aliphatic imine (C=N–C) groups is 1. The van der Waals surface area contributed by atoms with Gasteiger partial charge in [0.05, 0.1) is 11.5 Å². The molecule has 0 aliphatic rings. The summed E-state index contributed by atoms with van der Waals surface area (Å²) in [7, 11) is 0. The maximum atomic E-state index is 10.7. The lowest BCUT2D eigenvalue weighted by atomic mass is 10.1. The molecule has 0 fully saturated rings. The highest BCUT2D eigenvalue weighted by atomic mass is 127. The van der Waals surface area contributed by atoms with Gasteiger partial charge in [0.15, 0.2) is 5.96 Å². The quantitative estimate of drug-likeness (QED) is 0.154. The summed E-state index contributed by atoms with van der Waals surface area (Å²) in [6, 6.07) is 16.9. The summed E-state index contributed by atoms with van der Waals surface area (Å²) in [4.78, 5) is 14.8. The second-order valence-electron chi connectivity index (χ2n) is 5.63. The van der Waals surface area contributed by atoms with Crippen molar-refractivity contribution in [2.24, 2.45) is 4.99 Å². The van der Waals surface area contributed by atoms with E-state index in [1.165, 1.54) is 17.7 Å². The predicted molar refractivity (Wildman–Crippen MR) is 116 cm³/mol. The SMILES string of the molecule is CCNC(=NCc1ccc([N+](=O)[O-])cc1)NCCCc1ccccc1.I. The maximum absolute atomic E-state index is 10.7. The number of nitro groups is 1. The van der Waals surface area contributed by atoms with Gasteiger partial charge in [-0.3, -0.25) is 10.1 Å². The van der Waals surface area contributed by atoms with Crippen LogP contribution in [0.5, 0.6) is 0 Å². The Morgan fingerprint density at radius 2 is 1.73 bits per heavy atom. The van der Waals surface area contributed by atoms with Crippen molar-refractivity contribution in [1.82, 2.24) is 10.6 Å². The number of rotatable bonds is 8. The van der Waals surface area contributed by atoms with Crippen molar-refractivity contribution in [3.63, 3.8) is 0 Å². The first-order chi connectivity index (χ1) is 12.2. The van der Waals surface area contributed by atoms with Gasteiger partial charge in [0.25, 0.3) is 5.69 Å². The van der Waals surface area contributed by atoms with Gasteiger partial charge in [-0.05, 0) is 30.9 Å². The van der Waals surface area contributed by atoms with E-state index >= 15 is 0 Å². The Hall–Kier alpha value is -2.16. The third-order valence-electron chi connectivity index (χ3n) is 3.69. The summed E-state index contributed by atoms with van der Waals surface area (Å²) in [5.41, 5.74) is 2.36. The molecule has 0 heterocycles.